The molecule has 22 heavy (non-hydrogen) atoms. The number of esters is 1. The second-order valence-electron chi connectivity index (χ2n) is 5.68. The predicted octanol–water partition coefficient (Wildman–Crippen LogP) is 2.36. The van der Waals surface area contributed by atoms with Crippen LogP contribution >= 0.6 is 0 Å². The monoisotopic (exact) mass is 305 g/mol. The van der Waals surface area contributed by atoms with Gasteiger partial charge in [-0.1, -0.05) is 31.0 Å². The zero-order chi connectivity index (χ0) is 15.9. The van der Waals surface area contributed by atoms with E-state index in [1.807, 2.05) is 25.1 Å². The third kappa shape index (κ3) is 4.76. The molecule has 0 aliphatic heterocycles. The van der Waals surface area contributed by atoms with Crippen LogP contribution in [0.15, 0.2) is 24.3 Å². The first-order chi connectivity index (χ1) is 10.6. The van der Waals surface area contributed by atoms with Crippen molar-refractivity contribution < 1.29 is 19.1 Å². The molecule has 1 atom stereocenters. The average Bonchev–Trinajstić information content (AvgIpc) is 2.99. The Labute approximate surface area is 131 Å². The summed E-state index contributed by atoms with van der Waals surface area (Å²) < 4.78 is 10.5. The van der Waals surface area contributed by atoms with Crippen LogP contribution in [0.3, 0.4) is 0 Å². The van der Waals surface area contributed by atoms with E-state index in [1.165, 1.54) is 0 Å². The molecule has 1 N–H and O–H groups in total. The SMILES string of the molecule is Cc1ccccc1OCC(=O)O[C@@H](C)C(=O)NC1CCCC1. The van der Waals surface area contributed by atoms with Crippen LogP contribution in [0.5, 0.6) is 5.75 Å². The molecule has 1 aromatic carbocycles. The van der Waals surface area contributed by atoms with Gasteiger partial charge in [0, 0.05) is 6.04 Å². The summed E-state index contributed by atoms with van der Waals surface area (Å²) in [5.41, 5.74) is 0.947. The third-order valence-corrected chi connectivity index (χ3v) is 3.82. The van der Waals surface area contributed by atoms with Gasteiger partial charge in [0.25, 0.3) is 5.91 Å². The van der Waals surface area contributed by atoms with Gasteiger partial charge in [-0.25, -0.2) is 4.79 Å². The minimum absolute atomic E-state index is 0.202. The molecule has 120 valence electrons. The zero-order valence-electron chi connectivity index (χ0n) is 13.1. The molecule has 0 bridgehead atoms. The molecule has 1 aliphatic carbocycles. The molecule has 1 amide bonds. The quantitative estimate of drug-likeness (QED) is 0.820. The van der Waals surface area contributed by atoms with Crippen LogP contribution in [0.2, 0.25) is 0 Å². The van der Waals surface area contributed by atoms with E-state index in [9.17, 15) is 9.59 Å². The largest absolute Gasteiger partial charge is 0.482 e. The van der Waals surface area contributed by atoms with E-state index in [4.69, 9.17) is 9.47 Å². The van der Waals surface area contributed by atoms with Crippen LogP contribution in [0.25, 0.3) is 0 Å². The Balaban J connectivity index is 1.73. The first-order valence-corrected chi connectivity index (χ1v) is 7.74. The Hall–Kier alpha value is -2.04. The molecule has 1 aromatic rings. The summed E-state index contributed by atoms with van der Waals surface area (Å²) in [6.45, 7) is 3.28. The van der Waals surface area contributed by atoms with Crippen LogP contribution in [0.4, 0.5) is 0 Å². The molecule has 1 aliphatic rings. The standard InChI is InChI=1S/C17H23NO4/c1-12-7-3-6-10-15(12)21-11-16(19)22-13(2)17(20)18-14-8-4-5-9-14/h3,6-7,10,13-14H,4-5,8-9,11H2,1-2H3,(H,18,20)/t13-/m0/s1. The van der Waals surface area contributed by atoms with E-state index in [2.05, 4.69) is 5.32 Å². The van der Waals surface area contributed by atoms with Gasteiger partial charge < -0.3 is 14.8 Å². The Kier molecular flexibility index (Phi) is 5.81. The van der Waals surface area contributed by atoms with Crippen molar-refractivity contribution in [1.29, 1.82) is 0 Å². The number of ether oxygens (including phenoxy) is 2. The lowest BCUT2D eigenvalue weighted by Gasteiger charge is -2.17. The number of aryl methyl sites for hydroxylation is 1. The molecule has 0 spiro atoms. The lowest BCUT2D eigenvalue weighted by Crippen LogP contribution is -2.41. The lowest BCUT2D eigenvalue weighted by molar-refractivity contribution is -0.156. The van der Waals surface area contributed by atoms with Crippen LogP contribution in [0.1, 0.15) is 38.2 Å². The number of amides is 1. The van der Waals surface area contributed by atoms with E-state index in [-0.39, 0.29) is 18.6 Å². The van der Waals surface area contributed by atoms with E-state index in [1.54, 1.807) is 13.0 Å². The van der Waals surface area contributed by atoms with Gasteiger partial charge in [0.05, 0.1) is 0 Å². The number of benzene rings is 1. The Morgan fingerprint density at radius 1 is 1.27 bits per heavy atom. The molecule has 0 aromatic heterocycles. The van der Waals surface area contributed by atoms with Crippen molar-refractivity contribution in [1.82, 2.24) is 5.32 Å². The number of rotatable bonds is 6. The van der Waals surface area contributed by atoms with Gasteiger partial charge in [0.1, 0.15) is 5.75 Å². The highest BCUT2D eigenvalue weighted by molar-refractivity contribution is 5.83. The van der Waals surface area contributed by atoms with Gasteiger partial charge in [-0.15, -0.1) is 0 Å². The van der Waals surface area contributed by atoms with Crippen LogP contribution in [-0.2, 0) is 14.3 Å². The Morgan fingerprint density at radius 2 is 1.95 bits per heavy atom. The summed E-state index contributed by atoms with van der Waals surface area (Å²) in [6.07, 6.45) is 3.49. The number of hydrogen-bond donors (Lipinski definition) is 1. The number of para-hydroxylation sites is 1. The van der Waals surface area contributed by atoms with Crippen LogP contribution in [0, 0.1) is 6.92 Å². The highest BCUT2D eigenvalue weighted by Crippen LogP contribution is 2.18. The summed E-state index contributed by atoms with van der Waals surface area (Å²) >= 11 is 0. The number of hydrogen-bond acceptors (Lipinski definition) is 4. The molecule has 0 radical (unpaired) electrons. The van der Waals surface area contributed by atoms with Gasteiger partial charge >= 0.3 is 5.97 Å². The maximum absolute atomic E-state index is 11.9. The second-order valence-corrected chi connectivity index (χ2v) is 5.68. The van der Waals surface area contributed by atoms with E-state index < -0.39 is 12.1 Å². The first kappa shape index (κ1) is 16.3. The van der Waals surface area contributed by atoms with Crippen molar-refractivity contribution in [2.24, 2.45) is 0 Å². The van der Waals surface area contributed by atoms with Crippen molar-refractivity contribution in [2.75, 3.05) is 6.61 Å². The zero-order valence-corrected chi connectivity index (χ0v) is 13.1. The molecule has 1 fully saturated rings. The first-order valence-electron chi connectivity index (χ1n) is 7.74. The minimum Gasteiger partial charge on any atom is -0.482 e. The van der Waals surface area contributed by atoms with Crippen molar-refractivity contribution in [3.8, 4) is 5.75 Å². The third-order valence-electron chi connectivity index (χ3n) is 3.82. The Morgan fingerprint density at radius 3 is 2.64 bits per heavy atom. The average molecular weight is 305 g/mol. The van der Waals surface area contributed by atoms with Crippen LogP contribution < -0.4 is 10.1 Å². The number of nitrogens with one attached hydrogen (secondary N) is 1. The van der Waals surface area contributed by atoms with Gasteiger partial charge in [-0.3, -0.25) is 4.79 Å². The highest BCUT2D eigenvalue weighted by Gasteiger charge is 2.23. The van der Waals surface area contributed by atoms with Crippen molar-refractivity contribution in [3.63, 3.8) is 0 Å². The fourth-order valence-electron chi connectivity index (χ4n) is 2.53. The molecule has 0 heterocycles. The molecule has 0 unspecified atom stereocenters. The predicted molar refractivity (Wildman–Crippen MR) is 82.6 cm³/mol. The molecule has 1 saturated carbocycles. The smallest absolute Gasteiger partial charge is 0.344 e. The summed E-state index contributed by atoms with van der Waals surface area (Å²) in [5.74, 6) is -0.143. The van der Waals surface area contributed by atoms with Crippen LogP contribution in [-0.4, -0.2) is 30.6 Å². The van der Waals surface area contributed by atoms with E-state index in [0.29, 0.717) is 5.75 Å². The maximum Gasteiger partial charge on any atom is 0.344 e. The lowest BCUT2D eigenvalue weighted by atomic mass is 10.2. The summed E-state index contributed by atoms with van der Waals surface area (Å²) in [7, 11) is 0. The summed E-state index contributed by atoms with van der Waals surface area (Å²) in [4.78, 5) is 23.7. The minimum atomic E-state index is -0.798. The fraction of sp³-hybridized carbons (Fsp3) is 0.529. The number of carbonyl (C=O) groups is 2. The molecule has 0 saturated heterocycles. The molecule has 2 rings (SSSR count). The summed E-state index contributed by atoms with van der Waals surface area (Å²) in [5, 5.41) is 2.91. The van der Waals surface area contributed by atoms with E-state index in [0.717, 1.165) is 31.2 Å². The number of carbonyl (C=O) groups excluding carboxylic acids is 2. The summed E-state index contributed by atoms with van der Waals surface area (Å²) in [6, 6.07) is 7.65. The van der Waals surface area contributed by atoms with Crippen molar-refractivity contribution in [3.05, 3.63) is 29.8 Å². The maximum atomic E-state index is 11.9. The molecular weight excluding hydrogens is 282 g/mol. The second kappa shape index (κ2) is 7.82. The van der Waals surface area contributed by atoms with Gasteiger partial charge in [0.15, 0.2) is 12.7 Å². The molecule has 5 heteroatoms. The van der Waals surface area contributed by atoms with Crippen molar-refractivity contribution >= 4 is 11.9 Å². The fourth-order valence-corrected chi connectivity index (χ4v) is 2.53. The van der Waals surface area contributed by atoms with E-state index >= 15 is 0 Å². The highest BCUT2D eigenvalue weighted by atomic mass is 16.6. The Bertz CT molecular complexity index is 523. The topological polar surface area (TPSA) is 64.6 Å². The van der Waals surface area contributed by atoms with Gasteiger partial charge in [0.2, 0.25) is 0 Å². The van der Waals surface area contributed by atoms with Gasteiger partial charge in [-0.2, -0.15) is 0 Å². The van der Waals surface area contributed by atoms with Gasteiger partial charge in [-0.05, 0) is 38.3 Å². The van der Waals surface area contributed by atoms with Crippen molar-refractivity contribution in [2.45, 2.75) is 51.7 Å². The molecular formula is C17H23NO4. The molecule has 5 nitrogen and oxygen atoms in total. The normalized spacial score (nSPS) is 16.1.